The number of hydrogen-bond acceptors (Lipinski definition) is 2. The monoisotopic (exact) mass is 116 g/mol. The fourth-order valence-electron chi connectivity index (χ4n) is 0.259. The predicted octanol–water partition coefficient (Wildman–Crippen LogP) is -0.0840. The molecule has 1 radical (unpaired) electrons. The molecule has 0 bridgehead atoms. The molecule has 47 valence electrons. The van der Waals surface area contributed by atoms with Crippen LogP contribution in [0.1, 0.15) is 6.92 Å². The van der Waals surface area contributed by atoms with Crippen molar-refractivity contribution in [3.05, 3.63) is 7.11 Å². The van der Waals surface area contributed by atoms with E-state index in [-0.39, 0.29) is 11.8 Å². The van der Waals surface area contributed by atoms with Gasteiger partial charge in [0.2, 0.25) is 5.91 Å². The molecule has 0 saturated carbocycles. The summed E-state index contributed by atoms with van der Waals surface area (Å²) in [5, 5.41) is 0. The maximum absolute atomic E-state index is 10.2. The number of carbonyl (C=O) groups is 1. The largest absolute Gasteiger partial charge is 0.378 e. The predicted molar refractivity (Wildman–Crippen MR) is 29.7 cm³/mol. The van der Waals surface area contributed by atoms with Gasteiger partial charge in [-0.25, -0.2) is 0 Å². The van der Waals surface area contributed by atoms with E-state index in [1.54, 1.807) is 6.92 Å². The van der Waals surface area contributed by atoms with Gasteiger partial charge in [-0.3, -0.25) is 4.79 Å². The quantitative estimate of drug-likeness (QED) is 0.560. The van der Waals surface area contributed by atoms with Crippen LogP contribution in [-0.4, -0.2) is 12.5 Å². The van der Waals surface area contributed by atoms with Gasteiger partial charge in [-0.15, -0.1) is 0 Å². The zero-order valence-corrected chi connectivity index (χ0v) is 4.89. The number of rotatable bonds is 3. The van der Waals surface area contributed by atoms with Crippen molar-refractivity contribution in [2.45, 2.75) is 6.92 Å². The third kappa shape index (κ3) is 2.58. The summed E-state index contributed by atoms with van der Waals surface area (Å²) in [5.41, 5.74) is 4.88. The first-order chi connectivity index (χ1) is 3.68. The summed E-state index contributed by atoms with van der Waals surface area (Å²) < 4.78 is 4.41. The van der Waals surface area contributed by atoms with Crippen molar-refractivity contribution in [2.24, 2.45) is 11.7 Å². The van der Waals surface area contributed by atoms with Crippen LogP contribution in [0, 0.1) is 13.0 Å². The third-order valence-electron chi connectivity index (χ3n) is 0.854. The summed E-state index contributed by atoms with van der Waals surface area (Å²) in [6.07, 6.45) is 0. The van der Waals surface area contributed by atoms with Crippen molar-refractivity contribution in [2.75, 3.05) is 6.61 Å². The maximum atomic E-state index is 10.2. The van der Waals surface area contributed by atoms with E-state index < -0.39 is 0 Å². The topological polar surface area (TPSA) is 52.3 Å². The first-order valence-corrected chi connectivity index (χ1v) is 2.34. The fourth-order valence-corrected chi connectivity index (χ4v) is 0.259. The van der Waals surface area contributed by atoms with Gasteiger partial charge in [-0.05, 0) is 0 Å². The van der Waals surface area contributed by atoms with Crippen LogP contribution in [-0.2, 0) is 9.53 Å². The van der Waals surface area contributed by atoms with E-state index in [2.05, 4.69) is 11.8 Å². The number of ether oxygens (including phenoxy) is 1. The van der Waals surface area contributed by atoms with Crippen LogP contribution in [0.4, 0.5) is 0 Å². The molecule has 0 aliphatic carbocycles. The Morgan fingerprint density at radius 2 is 2.50 bits per heavy atom. The minimum atomic E-state index is -0.353. The van der Waals surface area contributed by atoms with Crippen LogP contribution in [0.15, 0.2) is 0 Å². The van der Waals surface area contributed by atoms with E-state index in [1.807, 2.05) is 0 Å². The number of primary amides is 1. The normalized spacial score (nSPS) is 13.2. The van der Waals surface area contributed by atoms with Crippen molar-refractivity contribution in [3.63, 3.8) is 0 Å². The van der Waals surface area contributed by atoms with Crippen molar-refractivity contribution >= 4 is 5.91 Å². The Kier molecular flexibility index (Phi) is 3.19. The van der Waals surface area contributed by atoms with Gasteiger partial charge < -0.3 is 10.5 Å². The van der Waals surface area contributed by atoms with Crippen molar-refractivity contribution < 1.29 is 9.53 Å². The minimum absolute atomic E-state index is 0.229. The highest BCUT2D eigenvalue weighted by molar-refractivity contribution is 5.76. The molecule has 0 heterocycles. The number of hydrogen-bond donors (Lipinski definition) is 1. The average molecular weight is 116 g/mol. The van der Waals surface area contributed by atoms with Crippen LogP contribution in [0.25, 0.3) is 0 Å². The summed E-state index contributed by atoms with van der Waals surface area (Å²) in [6, 6.07) is 0. The highest BCUT2D eigenvalue weighted by Gasteiger charge is 2.05. The molecule has 0 aromatic rings. The summed E-state index contributed by atoms with van der Waals surface area (Å²) in [5.74, 6) is -0.582. The van der Waals surface area contributed by atoms with E-state index in [9.17, 15) is 4.79 Å². The van der Waals surface area contributed by atoms with Crippen LogP contribution in [0.3, 0.4) is 0 Å². The molecule has 0 aromatic heterocycles. The van der Waals surface area contributed by atoms with E-state index >= 15 is 0 Å². The Bertz CT molecular complexity index is 82.5. The lowest BCUT2D eigenvalue weighted by Crippen LogP contribution is -2.23. The first kappa shape index (κ1) is 7.43. The summed E-state index contributed by atoms with van der Waals surface area (Å²) in [7, 11) is 3.10. The Balaban J connectivity index is 3.32. The van der Waals surface area contributed by atoms with Crippen LogP contribution in [0.5, 0.6) is 0 Å². The Hall–Kier alpha value is -0.570. The van der Waals surface area contributed by atoms with Gasteiger partial charge in [0.25, 0.3) is 0 Å². The number of carbonyl (C=O) groups excluding carboxylic acids is 1. The molecule has 0 saturated heterocycles. The van der Waals surface area contributed by atoms with Gasteiger partial charge in [0, 0.05) is 0 Å². The molecule has 0 aliphatic heterocycles. The second kappa shape index (κ2) is 3.43. The summed E-state index contributed by atoms with van der Waals surface area (Å²) in [4.78, 5) is 10.2. The molecule has 8 heavy (non-hydrogen) atoms. The van der Waals surface area contributed by atoms with E-state index in [0.29, 0.717) is 6.61 Å². The standard InChI is InChI=1S/C5H10NO2/c1-4(3-8-2)5(6)7/h4H,2-3H2,1H3,(H2,6,7). The lowest BCUT2D eigenvalue weighted by atomic mass is 10.2. The van der Waals surface area contributed by atoms with Crippen LogP contribution < -0.4 is 5.73 Å². The molecule has 0 spiro atoms. The highest BCUT2D eigenvalue weighted by Crippen LogP contribution is 1.91. The molecule has 0 aliphatic rings. The highest BCUT2D eigenvalue weighted by atomic mass is 16.5. The van der Waals surface area contributed by atoms with Crippen LogP contribution in [0.2, 0.25) is 0 Å². The average Bonchev–Trinajstić information content (AvgIpc) is 1.67. The lowest BCUT2D eigenvalue weighted by molar-refractivity contribution is -0.122. The van der Waals surface area contributed by atoms with Gasteiger partial charge in [-0.2, -0.15) is 0 Å². The van der Waals surface area contributed by atoms with Crippen molar-refractivity contribution in [3.8, 4) is 0 Å². The molecular formula is C5H10NO2. The first-order valence-electron chi connectivity index (χ1n) is 2.34. The van der Waals surface area contributed by atoms with E-state index in [4.69, 9.17) is 5.73 Å². The molecule has 1 atom stereocenters. The molecule has 1 amide bonds. The molecule has 1 unspecified atom stereocenters. The molecule has 3 nitrogen and oxygen atoms in total. The van der Waals surface area contributed by atoms with Gasteiger partial charge in [0.1, 0.15) is 0 Å². The SMILES string of the molecule is [CH2]OCC(C)C(N)=O. The molecular weight excluding hydrogens is 106 g/mol. The zero-order valence-electron chi connectivity index (χ0n) is 4.89. The number of nitrogens with two attached hydrogens (primary N) is 1. The van der Waals surface area contributed by atoms with Crippen molar-refractivity contribution in [1.82, 2.24) is 0 Å². The van der Waals surface area contributed by atoms with Crippen LogP contribution >= 0.6 is 0 Å². The molecule has 3 heteroatoms. The van der Waals surface area contributed by atoms with E-state index in [1.165, 1.54) is 0 Å². The second-order valence-corrected chi connectivity index (χ2v) is 1.67. The Labute approximate surface area is 48.8 Å². The smallest absolute Gasteiger partial charge is 0.222 e. The fraction of sp³-hybridized carbons (Fsp3) is 0.600. The Morgan fingerprint density at radius 1 is 2.00 bits per heavy atom. The van der Waals surface area contributed by atoms with Gasteiger partial charge in [0.05, 0.1) is 19.6 Å². The Morgan fingerprint density at radius 3 is 2.62 bits per heavy atom. The van der Waals surface area contributed by atoms with Gasteiger partial charge in [0.15, 0.2) is 0 Å². The van der Waals surface area contributed by atoms with Gasteiger partial charge in [-0.1, -0.05) is 6.92 Å². The lowest BCUT2D eigenvalue weighted by Gasteiger charge is -2.02. The third-order valence-corrected chi connectivity index (χ3v) is 0.854. The molecule has 0 aromatic carbocycles. The second-order valence-electron chi connectivity index (χ2n) is 1.67. The maximum Gasteiger partial charge on any atom is 0.222 e. The van der Waals surface area contributed by atoms with Gasteiger partial charge >= 0.3 is 0 Å². The minimum Gasteiger partial charge on any atom is -0.378 e. The summed E-state index contributed by atoms with van der Waals surface area (Å²) >= 11 is 0. The number of amides is 1. The summed E-state index contributed by atoms with van der Waals surface area (Å²) in [6.45, 7) is 1.99. The zero-order chi connectivity index (χ0) is 6.57. The van der Waals surface area contributed by atoms with E-state index in [0.717, 1.165) is 0 Å². The molecule has 0 rings (SSSR count). The van der Waals surface area contributed by atoms with Crippen molar-refractivity contribution in [1.29, 1.82) is 0 Å². The molecule has 2 N–H and O–H groups in total. The molecule has 0 fully saturated rings.